The van der Waals surface area contributed by atoms with Gasteiger partial charge >= 0.3 is 12.0 Å². The fourth-order valence-electron chi connectivity index (χ4n) is 2.20. The number of nitrogens with one attached hydrogen (secondary N) is 1. The molecule has 1 atom stereocenters. The Hall–Kier alpha value is -2.44. The van der Waals surface area contributed by atoms with Crippen LogP contribution in [0.15, 0.2) is 12.1 Å². The molecule has 1 aromatic carbocycles. The van der Waals surface area contributed by atoms with Crippen LogP contribution in [0.1, 0.15) is 30.5 Å². The largest absolute Gasteiger partial charge is 0.493 e. The van der Waals surface area contributed by atoms with Gasteiger partial charge in [0, 0.05) is 13.6 Å². The molecule has 0 aliphatic carbocycles. The molecule has 0 radical (unpaired) electrons. The van der Waals surface area contributed by atoms with E-state index in [0.717, 1.165) is 11.1 Å². The van der Waals surface area contributed by atoms with E-state index in [0.29, 0.717) is 11.5 Å². The molecule has 0 saturated heterocycles. The first-order chi connectivity index (χ1) is 10.8. The SMILES string of the molecule is COc1cc(C)c(C(C)NC(=O)N(C)CCC(=O)O)cc1OC. The smallest absolute Gasteiger partial charge is 0.317 e. The molecule has 0 bridgehead atoms. The van der Waals surface area contributed by atoms with Crippen LogP contribution in [-0.4, -0.2) is 49.8 Å². The molecule has 7 nitrogen and oxygen atoms in total. The highest BCUT2D eigenvalue weighted by atomic mass is 16.5. The number of benzene rings is 1. The Kier molecular flexibility index (Phi) is 6.68. The molecular weight excluding hydrogens is 300 g/mol. The van der Waals surface area contributed by atoms with Crippen molar-refractivity contribution in [3.05, 3.63) is 23.3 Å². The topological polar surface area (TPSA) is 88.1 Å². The third kappa shape index (κ3) is 5.05. The van der Waals surface area contributed by atoms with E-state index >= 15 is 0 Å². The van der Waals surface area contributed by atoms with E-state index in [1.807, 2.05) is 26.0 Å². The van der Waals surface area contributed by atoms with Gasteiger partial charge in [-0.3, -0.25) is 4.79 Å². The second kappa shape index (κ2) is 8.26. The second-order valence-electron chi connectivity index (χ2n) is 5.30. The lowest BCUT2D eigenvalue weighted by molar-refractivity contribution is -0.137. The predicted molar refractivity (Wildman–Crippen MR) is 86.1 cm³/mol. The lowest BCUT2D eigenvalue weighted by atomic mass is 10.0. The van der Waals surface area contributed by atoms with Crippen LogP contribution in [0.4, 0.5) is 4.79 Å². The molecule has 1 unspecified atom stereocenters. The normalized spacial score (nSPS) is 11.5. The highest BCUT2D eigenvalue weighted by molar-refractivity contribution is 5.75. The molecule has 0 spiro atoms. The summed E-state index contributed by atoms with van der Waals surface area (Å²) >= 11 is 0. The molecule has 0 aliphatic rings. The quantitative estimate of drug-likeness (QED) is 0.802. The van der Waals surface area contributed by atoms with E-state index in [2.05, 4.69) is 5.32 Å². The van der Waals surface area contributed by atoms with Crippen molar-refractivity contribution in [2.45, 2.75) is 26.3 Å². The van der Waals surface area contributed by atoms with Crippen LogP contribution in [-0.2, 0) is 4.79 Å². The number of aliphatic carboxylic acids is 1. The highest BCUT2D eigenvalue weighted by Gasteiger charge is 2.18. The maximum Gasteiger partial charge on any atom is 0.317 e. The van der Waals surface area contributed by atoms with E-state index in [1.165, 1.54) is 4.90 Å². The number of nitrogens with zero attached hydrogens (tertiary/aromatic N) is 1. The summed E-state index contributed by atoms with van der Waals surface area (Å²) in [6.07, 6.45) is -0.0896. The molecule has 2 amide bonds. The van der Waals surface area contributed by atoms with Crippen molar-refractivity contribution in [1.82, 2.24) is 10.2 Å². The van der Waals surface area contributed by atoms with Crippen LogP contribution in [0.3, 0.4) is 0 Å². The number of urea groups is 1. The molecule has 0 heterocycles. The molecule has 7 heteroatoms. The maximum atomic E-state index is 12.1. The number of carboxylic acid groups (broad SMARTS) is 1. The Morgan fingerprint density at radius 2 is 1.83 bits per heavy atom. The van der Waals surface area contributed by atoms with Crippen molar-refractivity contribution >= 4 is 12.0 Å². The Labute approximate surface area is 136 Å². The number of ether oxygens (including phenoxy) is 2. The van der Waals surface area contributed by atoms with Crippen LogP contribution in [0.2, 0.25) is 0 Å². The molecule has 0 saturated carbocycles. The molecular formula is C16H24N2O5. The minimum atomic E-state index is -0.937. The monoisotopic (exact) mass is 324 g/mol. The number of carbonyl (C=O) groups is 2. The van der Waals surface area contributed by atoms with Crippen molar-refractivity contribution in [2.24, 2.45) is 0 Å². The minimum Gasteiger partial charge on any atom is -0.493 e. The van der Waals surface area contributed by atoms with Gasteiger partial charge in [-0.15, -0.1) is 0 Å². The van der Waals surface area contributed by atoms with Crippen molar-refractivity contribution in [3.8, 4) is 11.5 Å². The zero-order valence-electron chi connectivity index (χ0n) is 14.2. The molecule has 128 valence electrons. The second-order valence-corrected chi connectivity index (χ2v) is 5.30. The average molecular weight is 324 g/mol. The first-order valence-electron chi connectivity index (χ1n) is 7.26. The fourth-order valence-corrected chi connectivity index (χ4v) is 2.20. The van der Waals surface area contributed by atoms with Crippen LogP contribution < -0.4 is 14.8 Å². The lowest BCUT2D eigenvalue weighted by Gasteiger charge is -2.23. The van der Waals surface area contributed by atoms with Gasteiger partial charge in [-0.2, -0.15) is 0 Å². The fraction of sp³-hybridized carbons (Fsp3) is 0.500. The number of methoxy groups -OCH3 is 2. The van der Waals surface area contributed by atoms with E-state index in [-0.39, 0.29) is 25.0 Å². The number of hydrogen-bond donors (Lipinski definition) is 2. The zero-order valence-corrected chi connectivity index (χ0v) is 14.2. The summed E-state index contributed by atoms with van der Waals surface area (Å²) in [5, 5.41) is 11.5. The van der Waals surface area contributed by atoms with Gasteiger partial charge in [0.1, 0.15) is 0 Å². The van der Waals surface area contributed by atoms with Gasteiger partial charge in [0.05, 0.1) is 26.7 Å². The minimum absolute atomic E-state index is 0.0896. The maximum absolute atomic E-state index is 12.1. The third-order valence-corrected chi connectivity index (χ3v) is 3.59. The van der Waals surface area contributed by atoms with Crippen molar-refractivity contribution in [2.75, 3.05) is 27.8 Å². The van der Waals surface area contributed by atoms with Crippen molar-refractivity contribution in [1.29, 1.82) is 0 Å². The number of carbonyl (C=O) groups excluding carboxylic acids is 1. The molecule has 0 fully saturated rings. The van der Waals surface area contributed by atoms with Gasteiger partial charge < -0.3 is 24.8 Å². The van der Waals surface area contributed by atoms with Gasteiger partial charge in [-0.05, 0) is 37.1 Å². The van der Waals surface area contributed by atoms with E-state index in [9.17, 15) is 9.59 Å². The summed E-state index contributed by atoms with van der Waals surface area (Å²) in [6, 6.07) is 3.10. The summed E-state index contributed by atoms with van der Waals surface area (Å²) in [6.45, 7) is 3.93. The summed E-state index contributed by atoms with van der Waals surface area (Å²) in [5.41, 5.74) is 1.87. The number of amides is 2. The average Bonchev–Trinajstić information content (AvgIpc) is 2.51. The van der Waals surface area contributed by atoms with E-state index in [1.54, 1.807) is 21.3 Å². The highest BCUT2D eigenvalue weighted by Crippen LogP contribution is 2.32. The molecule has 0 aromatic heterocycles. The summed E-state index contributed by atoms with van der Waals surface area (Å²) in [7, 11) is 4.69. The Morgan fingerprint density at radius 1 is 1.26 bits per heavy atom. The van der Waals surface area contributed by atoms with Crippen molar-refractivity contribution in [3.63, 3.8) is 0 Å². The van der Waals surface area contributed by atoms with Gasteiger partial charge in [0.25, 0.3) is 0 Å². The van der Waals surface area contributed by atoms with Gasteiger partial charge in [0.15, 0.2) is 11.5 Å². The standard InChI is InChI=1S/C16H24N2O5/c1-10-8-13(22-4)14(23-5)9-12(10)11(2)17-16(21)18(3)7-6-15(19)20/h8-9,11H,6-7H2,1-5H3,(H,17,21)(H,19,20). The predicted octanol–water partition coefficient (Wildman–Crippen LogP) is 2.19. The zero-order chi connectivity index (χ0) is 17.6. The van der Waals surface area contributed by atoms with E-state index in [4.69, 9.17) is 14.6 Å². The van der Waals surface area contributed by atoms with E-state index < -0.39 is 5.97 Å². The first kappa shape index (κ1) is 18.6. The molecule has 23 heavy (non-hydrogen) atoms. The Morgan fingerprint density at radius 3 is 2.35 bits per heavy atom. The summed E-state index contributed by atoms with van der Waals surface area (Å²) in [4.78, 5) is 24.0. The lowest BCUT2D eigenvalue weighted by Crippen LogP contribution is -2.39. The van der Waals surface area contributed by atoms with Crippen LogP contribution >= 0.6 is 0 Å². The van der Waals surface area contributed by atoms with Gasteiger partial charge in [-0.1, -0.05) is 0 Å². The molecule has 2 N–H and O–H groups in total. The van der Waals surface area contributed by atoms with Gasteiger partial charge in [-0.25, -0.2) is 4.79 Å². The Balaban J connectivity index is 2.83. The first-order valence-corrected chi connectivity index (χ1v) is 7.26. The number of rotatable bonds is 7. The molecule has 1 rings (SSSR count). The van der Waals surface area contributed by atoms with Crippen LogP contribution in [0, 0.1) is 6.92 Å². The number of aryl methyl sites for hydroxylation is 1. The molecule has 0 aliphatic heterocycles. The summed E-state index contributed by atoms with van der Waals surface area (Å²) in [5.74, 6) is 0.285. The molecule has 1 aromatic rings. The Bertz CT molecular complexity index is 574. The van der Waals surface area contributed by atoms with Gasteiger partial charge in [0.2, 0.25) is 0 Å². The summed E-state index contributed by atoms with van der Waals surface area (Å²) < 4.78 is 10.5. The number of hydrogen-bond acceptors (Lipinski definition) is 4. The van der Waals surface area contributed by atoms with Crippen molar-refractivity contribution < 1.29 is 24.2 Å². The van der Waals surface area contributed by atoms with Crippen LogP contribution in [0.5, 0.6) is 11.5 Å². The number of carboxylic acids is 1. The third-order valence-electron chi connectivity index (χ3n) is 3.59. The van der Waals surface area contributed by atoms with Crippen LogP contribution in [0.25, 0.3) is 0 Å².